The Balaban J connectivity index is 2.24. The molecule has 0 aromatic rings. The second-order valence-corrected chi connectivity index (χ2v) is 4.42. The number of nitrogens with one attached hydrogen (secondary N) is 1. The highest BCUT2D eigenvalue weighted by Gasteiger charge is 2.31. The molecule has 1 N–H and O–H groups in total. The van der Waals surface area contributed by atoms with Crippen molar-refractivity contribution in [3.8, 4) is 0 Å². The fraction of sp³-hybridized carbons (Fsp3) is 1.00. The van der Waals surface area contributed by atoms with Gasteiger partial charge in [0.15, 0.2) is 0 Å². The zero-order chi connectivity index (χ0) is 10.4. The second kappa shape index (κ2) is 6.41. The molecule has 1 aliphatic rings. The molecular weight excluding hydrogens is 174 g/mol. The lowest BCUT2D eigenvalue weighted by Gasteiger charge is -2.21. The highest BCUT2D eigenvalue weighted by Crippen LogP contribution is 2.31. The number of hydrogen-bond acceptors (Lipinski definition) is 2. The summed E-state index contributed by atoms with van der Waals surface area (Å²) in [5.41, 5.74) is 0. The molecule has 0 bridgehead atoms. The fourth-order valence-corrected chi connectivity index (χ4v) is 2.37. The normalized spacial score (nSPS) is 32.4. The highest BCUT2D eigenvalue weighted by molar-refractivity contribution is 4.86. The van der Waals surface area contributed by atoms with Gasteiger partial charge in [-0.2, -0.15) is 0 Å². The monoisotopic (exact) mass is 199 g/mol. The summed E-state index contributed by atoms with van der Waals surface area (Å²) in [6.07, 6.45) is 3.90. The van der Waals surface area contributed by atoms with E-state index in [9.17, 15) is 0 Å². The van der Waals surface area contributed by atoms with Crippen LogP contribution in [0, 0.1) is 11.8 Å². The largest absolute Gasteiger partial charge is 0.381 e. The first-order valence-corrected chi connectivity index (χ1v) is 6.10. The molecule has 0 aromatic carbocycles. The molecule has 0 aromatic heterocycles. The van der Waals surface area contributed by atoms with E-state index in [1.165, 1.54) is 19.3 Å². The van der Waals surface area contributed by atoms with Crippen LogP contribution >= 0.6 is 0 Å². The molecule has 84 valence electrons. The molecule has 14 heavy (non-hydrogen) atoms. The van der Waals surface area contributed by atoms with Gasteiger partial charge in [-0.25, -0.2) is 0 Å². The van der Waals surface area contributed by atoms with Gasteiger partial charge < -0.3 is 10.1 Å². The van der Waals surface area contributed by atoms with Crippen molar-refractivity contribution in [2.45, 2.75) is 46.1 Å². The minimum absolute atomic E-state index is 0.736. The van der Waals surface area contributed by atoms with Crippen molar-refractivity contribution in [1.29, 1.82) is 0 Å². The van der Waals surface area contributed by atoms with E-state index >= 15 is 0 Å². The lowest BCUT2D eigenvalue weighted by molar-refractivity contribution is 0.0957. The summed E-state index contributed by atoms with van der Waals surface area (Å²) in [5.74, 6) is 1.57. The molecule has 2 heteroatoms. The van der Waals surface area contributed by atoms with Gasteiger partial charge in [0.25, 0.3) is 0 Å². The number of ether oxygens (including phenoxy) is 1. The molecule has 0 saturated heterocycles. The average molecular weight is 199 g/mol. The van der Waals surface area contributed by atoms with Crippen molar-refractivity contribution in [3.63, 3.8) is 0 Å². The first-order valence-electron chi connectivity index (χ1n) is 6.10. The molecule has 0 amide bonds. The maximum absolute atomic E-state index is 5.51. The van der Waals surface area contributed by atoms with Gasteiger partial charge >= 0.3 is 0 Å². The van der Waals surface area contributed by atoms with E-state index in [0.29, 0.717) is 0 Å². The highest BCUT2D eigenvalue weighted by atomic mass is 16.5. The predicted octanol–water partition coefficient (Wildman–Crippen LogP) is 2.44. The van der Waals surface area contributed by atoms with Crippen molar-refractivity contribution >= 4 is 0 Å². The zero-order valence-corrected chi connectivity index (χ0v) is 9.88. The maximum atomic E-state index is 5.51. The predicted molar refractivity (Wildman–Crippen MR) is 60.5 cm³/mol. The lowest BCUT2D eigenvalue weighted by atomic mass is 9.96. The minimum atomic E-state index is 0.736. The van der Waals surface area contributed by atoms with Crippen molar-refractivity contribution < 1.29 is 4.74 Å². The first kappa shape index (κ1) is 12.0. The van der Waals surface area contributed by atoms with Crippen LogP contribution in [-0.2, 0) is 4.74 Å². The van der Waals surface area contributed by atoms with Gasteiger partial charge in [-0.1, -0.05) is 13.8 Å². The van der Waals surface area contributed by atoms with Crippen LogP contribution in [0.25, 0.3) is 0 Å². The summed E-state index contributed by atoms with van der Waals surface area (Å²) in [6.45, 7) is 9.65. The van der Waals surface area contributed by atoms with Crippen molar-refractivity contribution in [2.24, 2.45) is 11.8 Å². The molecule has 0 radical (unpaired) electrons. The van der Waals surface area contributed by atoms with E-state index in [4.69, 9.17) is 4.74 Å². The Labute approximate surface area is 88.4 Å². The summed E-state index contributed by atoms with van der Waals surface area (Å²) in [5, 5.41) is 3.63. The van der Waals surface area contributed by atoms with Gasteiger partial charge in [-0.05, 0) is 44.6 Å². The molecule has 3 atom stereocenters. The molecule has 1 rings (SSSR count). The molecule has 1 aliphatic carbocycles. The van der Waals surface area contributed by atoms with Crippen LogP contribution in [0.5, 0.6) is 0 Å². The number of rotatable bonds is 6. The summed E-state index contributed by atoms with van der Waals surface area (Å²) < 4.78 is 5.51. The van der Waals surface area contributed by atoms with E-state index in [1.54, 1.807) is 0 Å². The van der Waals surface area contributed by atoms with E-state index in [2.05, 4.69) is 26.1 Å². The van der Waals surface area contributed by atoms with Crippen molar-refractivity contribution in [2.75, 3.05) is 19.8 Å². The third kappa shape index (κ3) is 3.25. The topological polar surface area (TPSA) is 21.3 Å². The van der Waals surface area contributed by atoms with Gasteiger partial charge in [0.2, 0.25) is 0 Å². The summed E-state index contributed by atoms with van der Waals surface area (Å²) >= 11 is 0. The Bertz CT molecular complexity index is 133. The Hall–Kier alpha value is -0.0800. The Kier molecular flexibility index (Phi) is 5.49. The van der Waals surface area contributed by atoms with Gasteiger partial charge in [0.05, 0.1) is 0 Å². The van der Waals surface area contributed by atoms with Gasteiger partial charge in [0, 0.05) is 19.3 Å². The van der Waals surface area contributed by atoms with E-state index in [1.807, 2.05) is 0 Å². The summed E-state index contributed by atoms with van der Waals surface area (Å²) in [4.78, 5) is 0. The standard InChI is InChI=1S/C12H25NO/c1-4-8-13-12-7-6-11(10(12)3)9-14-5-2/h10-13H,4-9H2,1-3H3. The Morgan fingerprint density at radius 3 is 2.71 bits per heavy atom. The Morgan fingerprint density at radius 2 is 2.07 bits per heavy atom. The molecule has 0 heterocycles. The van der Waals surface area contributed by atoms with E-state index in [0.717, 1.165) is 37.6 Å². The quantitative estimate of drug-likeness (QED) is 0.709. The smallest absolute Gasteiger partial charge is 0.0497 e. The second-order valence-electron chi connectivity index (χ2n) is 4.42. The molecule has 2 nitrogen and oxygen atoms in total. The third-order valence-corrected chi connectivity index (χ3v) is 3.42. The third-order valence-electron chi connectivity index (χ3n) is 3.42. The minimum Gasteiger partial charge on any atom is -0.381 e. The molecule has 0 aliphatic heterocycles. The van der Waals surface area contributed by atoms with Crippen LogP contribution in [-0.4, -0.2) is 25.8 Å². The fourth-order valence-electron chi connectivity index (χ4n) is 2.37. The van der Waals surface area contributed by atoms with Crippen LogP contribution in [0.15, 0.2) is 0 Å². The SMILES string of the molecule is CCCNC1CCC(COCC)C1C. The first-order chi connectivity index (χ1) is 6.79. The molecular formula is C12H25NO. The van der Waals surface area contributed by atoms with E-state index < -0.39 is 0 Å². The van der Waals surface area contributed by atoms with Crippen LogP contribution < -0.4 is 5.32 Å². The van der Waals surface area contributed by atoms with Crippen LogP contribution in [0.2, 0.25) is 0 Å². The van der Waals surface area contributed by atoms with Crippen LogP contribution in [0.4, 0.5) is 0 Å². The Morgan fingerprint density at radius 1 is 1.29 bits per heavy atom. The lowest BCUT2D eigenvalue weighted by Crippen LogP contribution is -2.33. The molecule has 3 unspecified atom stereocenters. The van der Waals surface area contributed by atoms with Crippen LogP contribution in [0.3, 0.4) is 0 Å². The summed E-state index contributed by atoms with van der Waals surface area (Å²) in [7, 11) is 0. The summed E-state index contributed by atoms with van der Waals surface area (Å²) in [6, 6.07) is 0.736. The average Bonchev–Trinajstić information content (AvgIpc) is 2.54. The molecule has 1 saturated carbocycles. The van der Waals surface area contributed by atoms with E-state index in [-0.39, 0.29) is 0 Å². The molecule has 1 fully saturated rings. The maximum Gasteiger partial charge on any atom is 0.0497 e. The van der Waals surface area contributed by atoms with Gasteiger partial charge in [-0.3, -0.25) is 0 Å². The van der Waals surface area contributed by atoms with Gasteiger partial charge in [-0.15, -0.1) is 0 Å². The molecule has 0 spiro atoms. The van der Waals surface area contributed by atoms with Crippen LogP contribution in [0.1, 0.15) is 40.0 Å². The zero-order valence-electron chi connectivity index (χ0n) is 9.88. The van der Waals surface area contributed by atoms with Gasteiger partial charge in [0.1, 0.15) is 0 Å². The number of hydrogen-bond donors (Lipinski definition) is 1. The van der Waals surface area contributed by atoms with Crippen molar-refractivity contribution in [1.82, 2.24) is 5.32 Å². The van der Waals surface area contributed by atoms with Crippen molar-refractivity contribution in [3.05, 3.63) is 0 Å².